The van der Waals surface area contributed by atoms with Crippen molar-refractivity contribution in [2.75, 3.05) is 72.6 Å². The Bertz CT molecular complexity index is 618. The maximum Gasteiger partial charge on any atom is 0.246 e. The molecule has 0 fully saturated rings. The van der Waals surface area contributed by atoms with Crippen LogP contribution in [-0.4, -0.2) is 119 Å². The van der Waals surface area contributed by atoms with Crippen molar-refractivity contribution in [1.82, 2.24) is 5.32 Å². The molecule has 0 unspecified atom stereocenters. The zero-order valence-electron chi connectivity index (χ0n) is 27.5. The predicted molar refractivity (Wildman–Crippen MR) is 168 cm³/mol. The van der Waals surface area contributed by atoms with Gasteiger partial charge in [-0.15, -0.1) is 6.58 Å². The number of amides is 1. The van der Waals surface area contributed by atoms with Crippen molar-refractivity contribution in [3.8, 4) is 0 Å². The fourth-order valence-electron chi connectivity index (χ4n) is 2.55. The van der Waals surface area contributed by atoms with Gasteiger partial charge in [0.2, 0.25) is 5.91 Å². The van der Waals surface area contributed by atoms with Gasteiger partial charge in [-0.3, -0.25) is 4.79 Å². The van der Waals surface area contributed by atoms with E-state index >= 15 is 0 Å². The first-order chi connectivity index (χ1) is 19.6. The van der Waals surface area contributed by atoms with E-state index < -0.39 is 10.8 Å². The average molecular weight is 612 g/mol. The van der Waals surface area contributed by atoms with Gasteiger partial charge in [0.25, 0.3) is 0 Å². The molecule has 0 heterocycles. The molecule has 0 atom stereocenters. The van der Waals surface area contributed by atoms with Crippen LogP contribution in [0.1, 0.15) is 74.1 Å². The Balaban J connectivity index is -0.000000237. The summed E-state index contributed by atoms with van der Waals surface area (Å²) < 4.78 is 5.18. The third-order valence-electron chi connectivity index (χ3n) is 7.52. The Morgan fingerprint density at radius 3 is 1.24 bits per heavy atom. The normalized spacial score (nSPS) is 11.6. The van der Waals surface area contributed by atoms with Crippen molar-refractivity contribution >= 4 is 5.91 Å². The molecule has 0 spiro atoms. The average Bonchev–Trinajstić information content (AvgIpc) is 3.03. The van der Waals surface area contributed by atoms with Crippen LogP contribution in [0.5, 0.6) is 0 Å². The number of rotatable bonds is 19. The van der Waals surface area contributed by atoms with Gasteiger partial charge in [0.1, 0.15) is 0 Å². The standard InChI is InChI=1S/C10H19NO3.C9H18O3.C7H16O2.C5H12O2/c1-4-10(6-12,7-13)5-11-9(14)8(2)3;1-3-5-12-8-9(4-2,6-10)7-11;1-3-7(4-2,5-8)6-9;1-5(2,3-6)4-7/h12-13H,2,4-7H2,1,3H3,(H,11,14);3,10-11H,1,4-8H2,2H3;8-9H,3-6H2,1-2H3;6-7H,3-4H2,1-2H3. The molecule has 9 N–H and O–H groups in total. The SMILES string of the molecule is C=C(C)C(=O)NCC(CC)(CO)CO.C=CCOCC(CC)(CO)CO.CC(C)(CO)CO.CCC(CC)(CO)CO. The van der Waals surface area contributed by atoms with Gasteiger partial charge in [0.05, 0.1) is 66.1 Å². The lowest BCUT2D eigenvalue weighted by molar-refractivity contribution is -0.118. The number of nitrogens with one attached hydrogen (secondary N) is 1. The number of hydrogen-bond donors (Lipinski definition) is 9. The van der Waals surface area contributed by atoms with Crippen LogP contribution in [0.15, 0.2) is 24.8 Å². The van der Waals surface area contributed by atoms with Crippen LogP contribution in [0.4, 0.5) is 0 Å². The summed E-state index contributed by atoms with van der Waals surface area (Å²) in [6, 6.07) is 0. The summed E-state index contributed by atoms with van der Waals surface area (Å²) in [5.41, 5.74) is -1.21. The summed E-state index contributed by atoms with van der Waals surface area (Å²) in [6.07, 6.45) is 4.65. The first-order valence-electron chi connectivity index (χ1n) is 14.6. The second kappa shape index (κ2) is 27.2. The maximum absolute atomic E-state index is 11.2. The second-order valence-corrected chi connectivity index (χ2v) is 11.6. The highest BCUT2D eigenvalue weighted by molar-refractivity contribution is 5.92. The van der Waals surface area contributed by atoms with E-state index in [2.05, 4.69) is 18.5 Å². The number of hydrogen-bond acceptors (Lipinski definition) is 10. The first-order valence-corrected chi connectivity index (χ1v) is 14.6. The molecule has 0 aliphatic carbocycles. The summed E-state index contributed by atoms with van der Waals surface area (Å²) in [6.45, 7) is 21.0. The lowest BCUT2D eigenvalue weighted by atomic mass is 9.84. The van der Waals surface area contributed by atoms with Gasteiger partial charge in [-0.1, -0.05) is 54.2 Å². The zero-order valence-corrected chi connectivity index (χ0v) is 27.5. The van der Waals surface area contributed by atoms with Gasteiger partial charge in [-0.05, 0) is 32.6 Å². The summed E-state index contributed by atoms with van der Waals surface area (Å²) in [5.74, 6) is -0.246. The van der Waals surface area contributed by atoms with Crippen LogP contribution in [0.3, 0.4) is 0 Å². The largest absolute Gasteiger partial charge is 0.396 e. The van der Waals surface area contributed by atoms with E-state index in [0.717, 1.165) is 12.8 Å². The number of aliphatic hydroxyl groups excluding tert-OH is 8. The molecule has 0 saturated carbocycles. The summed E-state index contributed by atoms with van der Waals surface area (Å²) in [7, 11) is 0. The third kappa shape index (κ3) is 21.3. The van der Waals surface area contributed by atoms with E-state index in [0.29, 0.717) is 31.6 Å². The molecule has 11 nitrogen and oxygen atoms in total. The summed E-state index contributed by atoms with van der Waals surface area (Å²) >= 11 is 0. The minimum Gasteiger partial charge on any atom is -0.396 e. The Hall–Kier alpha value is -1.41. The fraction of sp³-hybridized carbons (Fsp3) is 0.839. The lowest BCUT2D eigenvalue weighted by Crippen LogP contribution is -2.42. The Morgan fingerprint density at radius 2 is 1.05 bits per heavy atom. The van der Waals surface area contributed by atoms with Crippen LogP contribution in [0, 0.1) is 21.7 Å². The highest BCUT2D eigenvalue weighted by Gasteiger charge is 2.28. The fourth-order valence-corrected chi connectivity index (χ4v) is 2.55. The molecule has 0 aromatic carbocycles. The van der Waals surface area contributed by atoms with Crippen molar-refractivity contribution in [3.63, 3.8) is 0 Å². The van der Waals surface area contributed by atoms with Crippen molar-refractivity contribution in [2.45, 2.75) is 74.1 Å². The van der Waals surface area contributed by atoms with Crippen molar-refractivity contribution in [3.05, 3.63) is 24.8 Å². The van der Waals surface area contributed by atoms with Crippen LogP contribution in [-0.2, 0) is 9.53 Å². The smallest absolute Gasteiger partial charge is 0.246 e. The molecular formula is C31H65NO10. The molecule has 0 aliphatic heterocycles. The minimum atomic E-state index is -0.620. The summed E-state index contributed by atoms with van der Waals surface area (Å²) in [5, 5.41) is 73.3. The number of carbonyl (C=O) groups excluding carboxylic acids is 1. The van der Waals surface area contributed by atoms with Crippen molar-refractivity contribution < 1.29 is 50.4 Å². The van der Waals surface area contributed by atoms with E-state index in [-0.39, 0.29) is 76.1 Å². The quantitative estimate of drug-likeness (QED) is 0.0584. The molecule has 0 rings (SSSR count). The van der Waals surface area contributed by atoms with Crippen LogP contribution in [0.25, 0.3) is 0 Å². The number of aliphatic hydroxyl groups is 8. The van der Waals surface area contributed by atoms with Gasteiger partial charge in [0.15, 0.2) is 0 Å². The predicted octanol–water partition coefficient (Wildman–Crippen LogP) is 1.40. The molecule has 0 aromatic rings. The minimum absolute atomic E-state index is 0.0445. The number of ether oxygens (including phenoxy) is 1. The molecule has 0 bridgehead atoms. The van der Waals surface area contributed by atoms with Gasteiger partial charge >= 0.3 is 0 Å². The molecule has 0 aliphatic rings. The molecule has 0 radical (unpaired) electrons. The highest BCUT2D eigenvalue weighted by Crippen LogP contribution is 2.24. The number of carbonyl (C=O) groups is 1. The van der Waals surface area contributed by atoms with E-state index in [1.165, 1.54) is 0 Å². The topological polar surface area (TPSA) is 200 Å². The van der Waals surface area contributed by atoms with E-state index in [4.69, 9.17) is 45.6 Å². The van der Waals surface area contributed by atoms with Crippen LogP contribution >= 0.6 is 0 Å². The highest BCUT2D eigenvalue weighted by atomic mass is 16.5. The summed E-state index contributed by atoms with van der Waals surface area (Å²) in [4.78, 5) is 11.2. The molecule has 0 saturated heterocycles. The molecule has 42 heavy (non-hydrogen) atoms. The first kappa shape index (κ1) is 47.5. The molecule has 11 heteroatoms. The Morgan fingerprint density at radius 1 is 0.690 bits per heavy atom. The second-order valence-electron chi connectivity index (χ2n) is 11.6. The van der Waals surface area contributed by atoms with Gasteiger partial charge in [-0.25, -0.2) is 0 Å². The zero-order chi connectivity index (χ0) is 33.9. The Kier molecular flexibility index (Phi) is 30.7. The third-order valence-corrected chi connectivity index (χ3v) is 7.52. The molecule has 0 aromatic heterocycles. The van der Waals surface area contributed by atoms with E-state index in [1.807, 2.05) is 27.7 Å². The monoisotopic (exact) mass is 611 g/mol. The molecule has 1 amide bonds. The molecular weight excluding hydrogens is 546 g/mol. The van der Waals surface area contributed by atoms with Crippen molar-refractivity contribution in [2.24, 2.45) is 21.7 Å². The lowest BCUT2D eigenvalue weighted by Gasteiger charge is -2.28. The maximum atomic E-state index is 11.2. The van der Waals surface area contributed by atoms with Gasteiger partial charge in [0, 0.05) is 33.8 Å². The van der Waals surface area contributed by atoms with Gasteiger partial charge in [-0.2, -0.15) is 0 Å². The van der Waals surface area contributed by atoms with Crippen LogP contribution in [0.2, 0.25) is 0 Å². The Labute approximate surface area is 255 Å². The van der Waals surface area contributed by atoms with Crippen molar-refractivity contribution in [1.29, 1.82) is 0 Å². The van der Waals surface area contributed by atoms with E-state index in [1.54, 1.807) is 26.8 Å². The molecule has 254 valence electrons. The van der Waals surface area contributed by atoms with E-state index in [9.17, 15) is 4.79 Å². The van der Waals surface area contributed by atoms with Gasteiger partial charge < -0.3 is 50.9 Å². The van der Waals surface area contributed by atoms with Crippen LogP contribution < -0.4 is 5.32 Å².